The van der Waals surface area contributed by atoms with Gasteiger partial charge in [-0.05, 0) is 27.2 Å². The summed E-state index contributed by atoms with van der Waals surface area (Å²) in [5.41, 5.74) is 4.80. The Morgan fingerprint density at radius 2 is 1.59 bits per heavy atom. The van der Waals surface area contributed by atoms with Gasteiger partial charge in [-0.2, -0.15) is 0 Å². The molecule has 100 valence electrons. The fraction of sp³-hybridized carbons (Fsp3) is 0.846. The Morgan fingerprint density at radius 3 is 1.94 bits per heavy atom. The van der Waals surface area contributed by atoms with Gasteiger partial charge in [-0.3, -0.25) is 9.59 Å². The number of Topliss-reactive ketones (excluding diaryl/α,β-unsaturated/α-hetero) is 1. The number of rotatable bonds is 4. The number of ether oxygens (including phenoxy) is 1. The average molecular weight is 243 g/mol. The highest BCUT2D eigenvalue weighted by Gasteiger charge is 2.27. The molecule has 0 bridgehead atoms. The molecule has 1 atom stereocenters. The SMILES string of the molecule is CC(C)(C)OC(=O)CC[C@H](N)C(=O)C(C)(C)C. The summed E-state index contributed by atoms with van der Waals surface area (Å²) < 4.78 is 5.15. The van der Waals surface area contributed by atoms with E-state index in [0.29, 0.717) is 6.42 Å². The molecule has 0 aromatic heterocycles. The predicted octanol–water partition coefficient (Wildman–Crippen LogP) is 2.05. The van der Waals surface area contributed by atoms with Gasteiger partial charge < -0.3 is 10.5 Å². The molecule has 0 aliphatic heterocycles. The minimum Gasteiger partial charge on any atom is -0.460 e. The van der Waals surface area contributed by atoms with Gasteiger partial charge in [0.25, 0.3) is 0 Å². The van der Waals surface area contributed by atoms with Crippen LogP contribution < -0.4 is 5.73 Å². The van der Waals surface area contributed by atoms with Crippen LogP contribution >= 0.6 is 0 Å². The maximum absolute atomic E-state index is 11.8. The average Bonchev–Trinajstić information content (AvgIpc) is 2.08. The van der Waals surface area contributed by atoms with Crippen LogP contribution in [0.3, 0.4) is 0 Å². The molecule has 0 fully saturated rings. The number of carbonyl (C=O) groups is 2. The first kappa shape index (κ1) is 16.1. The van der Waals surface area contributed by atoms with Crippen molar-refractivity contribution in [1.29, 1.82) is 0 Å². The molecule has 0 rings (SSSR count). The van der Waals surface area contributed by atoms with Crippen molar-refractivity contribution in [3.63, 3.8) is 0 Å². The second-order valence-electron chi connectivity index (χ2n) is 6.35. The third-order valence-corrected chi connectivity index (χ3v) is 2.16. The first-order valence-corrected chi connectivity index (χ1v) is 5.95. The second-order valence-corrected chi connectivity index (χ2v) is 6.35. The zero-order chi connectivity index (χ0) is 13.9. The van der Waals surface area contributed by atoms with Crippen molar-refractivity contribution < 1.29 is 14.3 Å². The predicted molar refractivity (Wildman–Crippen MR) is 67.5 cm³/mol. The lowest BCUT2D eigenvalue weighted by atomic mass is 9.85. The third kappa shape index (κ3) is 7.10. The molecule has 4 heteroatoms. The molecule has 0 unspecified atom stereocenters. The van der Waals surface area contributed by atoms with E-state index in [0.717, 1.165) is 0 Å². The number of ketones is 1. The summed E-state index contributed by atoms with van der Waals surface area (Å²) in [7, 11) is 0. The van der Waals surface area contributed by atoms with Gasteiger partial charge in [-0.25, -0.2) is 0 Å². The lowest BCUT2D eigenvalue weighted by molar-refractivity contribution is -0.155. The highest BCUT2D eigenvalue weighted by Crippen LogP contribution is 2.18. The van der Waals surface area contributed by atoms with Crippen molar-refractivity contribution in [2.45, 2.75) is 66.0 Å². The Bertz CT molecular complexity index is 284. The maximum atomic E-state index is 11.8. The Balaban J connectivity index is 4.14. The van der Waals surface area contributed by atoms with E-state index in [1.807, 2.05) is 41.5 Å². The van der Waals surface area contributed by atoms with Crippen LogP contribution in [0.1, 0.15) is 54.4 Å². The number of nitrogens with two attached hydrogens (primary N) is 1. The number of hydrogen-bond acceptors (Lipinski definition) is 4. The number of hydrogen-bond donors (Lipinski definition) is 1. The van der Waals surface area contributed by atoms with E-state index in [4.69, 9.17) is 10.5 Å². The molecule has 0 spiro atoms. The Hall–Kier alpha value is -0.900. The summed E-state index contributed by atoms with van der Waals surface area (Å²) in [4.78, 5) is 23.2. The molecule has 0 saturated carbocycles. The van der Waals surface area contributed by atoms with Crippen molar-refractivity contribution in [2.24, 2.45) is 11.1 Å². The number of carbonyl (C=O) groups excluding carboxylic acids is 2. The molecule has 17 heavy (non-hydrogen) atoms. The van der Waals surface area contributed by atoms with E-state index in [1.54, 1.807) is 0 Å². The van der Waals surface area contributed by atoms with Crippen LogP contribution in [0.5, 0.6) is 0 Å². The fourth-order valence-corrected chi connectivity index (χ4v) is 1.35. The lowest BCUT2D eigenvalue weighted by Gasteiger charge is -2.23. The summed E-state index contributed by atoms with van der Waals surface area (Å²) in [6.45, 7) is 10.9. The quantitative estimate of drug-likeness (QED) is 0.767. The molecule has 0 aliphatic carbocycles. The van der Waals surface area contributed by atoms with Crippen molar-refractivity contribution >= 4 is 11.8 Å². The van der Waals surface area contributed by atoms with Crippen molar-refractivity contribution in [3.8, 4) is 0 Å². The minimum atomic E-state index is -0.595. The first-order valence-electron chi connectivity index (χ1n) is 5.95. The molecule has 0 aromatic rings. The van der Waals surface area contributed by atoms with E-state index < -0.39 is 17.1 Å². The van der Waals surface area contributed by atoms with E-state index in [2.05, 4.69) is 0 Å². The Morgan fingerprint density at radius 1 is 1.12 bits per heavy atom. The van der Waals surface area contributed by atoms with Gasteiger partial charge in [-0.1, -0.05) is 20.8 Å². The number of esters is 1. The Kier molecular flexibility index (Phi) is 5.33. The molecule has 0 aromatic carbocycles. The highest BCUT2D eigenvalue weighted by molar-refractivity contribution is 5.88. The summed E-state index contributed by atoms with van der Waals surface area (Å²) in [6.07, 6.45) is 0.519. The van der Waals surface area contributed by atoms with Crippen LogP contribution in [0, 0.1) is 5.41 Å². The van der Waals surface area contributed by atoms with E-state index >= 15 is 0 Å². The monoisotopic (exact) mass is 243 g/mol. The minimum absolute atomic E-state index is 0.0268. The van der Waals surface area contributed by atoms with Gasteiger partial charge in [-0.15, -0.1) is 0 Å². The topological polar surface area (TPSA) is 69.4 Å². The van der Waals surface area contributed by atoms with Gasteiger partial charge in [0, 0.05) is 11.8 Å². The van der Waals surface area contributed by atoms with Crippen molar-refractivity contribution in [2.75, 3.05) is 0 Å². The molecular formula is C13H25NO3. The first-order chi connectivity index (χ1) is 7.43. The Labute approximate surface area is 104 Å². The van der Waals surface area contributed by atoms with Crippen molar-refractivity contribution in [1.82, 2.24) is 0 Å². The summed E-state index contributed by atoms with van der Waals surface area (Å²) in [6, 6.07) is -0.595. The molecule has 4 nitrogen and oxygen atoms in total. The molecule has 2 N–H and O–H groups in total. The zero-order valence-corrected chi connectivity index (χ0v) is 11.8. The molecule has 0 aliphatic rings. The molecule has 0 heterocycles. The normalized spacial score (nSPS) is 14.3. The van der Waals surface area contributed by atoms with Gasteiger partial charge in [0.15, 0.2) is 5.78 Å². The maximum Gasteiger partial charge on any atom is 0.306 e. The van der Waals surface area contributed by atoms with Crippen molar-refractivity contribution in [3.05, 3.63) is 0 Å². The summed E-state index contributed by atoms with van der Waals surface area (Å²) >= 11 is 0. The molecule has 0 radical (unpaired) electrons. The summed E-state index contributed by atoms with van der Waals surface area (Å²) in [5.74, 6) is -0.337. The van der Waals surface area contributed by atoms with Crippen LogP contribution in [-0.2, 0) is 14.3 Å². The standard InChI is InChI=1S/C13H25NO3/c1-12(2,3)11(16)9(14)7-8-10(15)17-13(4,5)6/h9H,7-8,14H2,1-6H3/t9-/m0/s1. The lowest BCUT2D eigenvalue weighted by Crippen LogP contribution is -2.39. The fourth-order valence-electron chi connectivity index (χ4n) is 1.35. The molecule has 0 saturated heterocycles. The van der Waals surface area contributed by atoms with Gasteiger partial charge >= 0.3 is 5.97 Å². The molecular weight excluding hydrogens is 218 g/mol. The molecule has 0 amide bonds. The smallest absolute Gasteiger partial charge is 0.306 e. The summed E-state index contributed by atoms with van der Waals surface area (Å²) in [5, 5.41) is 0. The largest absolute Gasteiger partial charge is 0.460 e. The third-order valence-electron chi connectivity index (χ3n) is 2.16. The highest BCUT2D eigenvalue weighted by atomic mass is 16.6. The van der Waals surface area contributed by atoms with Gasteiger partial charge in [0.1, 0.15) is 5.60 Å². The van der Waals surface area contributed by atoms with E-state index in [-0.39, 0.29) is 18.2 Å². The van der Waals surface area contributed by atoms with Crippen LogP contribution in [-0.4, -0.2) is 23.4 Å². The van der Waals surface area contributed by atoms with E-state index in [9.17, 15) is 9.59 Å². The van der Waals surface area contributed by atoms with Crippen LogP contribution in [0.2, 0.25) is 0 Å². The van der Waals surface area contributed by atoms with Crippen LogP contribution in [0.4, 0.5) is 0 Å². The van der Waals surface area contributed by atoms with Gasteiger partial charge in [0.05, 0.1) is 6.04 Å². The second kappa shape index (κ2) is 5.63. The van der Waals surface area contributed by atoms with Gasteiger partial charge in [0.2, 0.25) is 0 Å². The van der Waals surface area contributed by atoms with Crippen LogP contribution in [0.25, 0.3) is 0 Å². The van der Waals surface area contributed by atoms with E-state index in [1.165, 1.54) is 0 Å². The zero-order valence-electron chi connectivity index (χ0n) is 11.8. The van der Waals surface area contributed by atoms with Crippen LogP contribution in [0.15, 0.2) is 0 Å².